The first-order chi connectivity index (χ1) is 14.1. The van der Waals surface area contributed by atoms with Gasteiger partial charge < -0.3 is 24.1 Å². The number of hydrogen-bond acceptors (Lipinski definition) is 5. The van der Waals surface area contributed by atoms with Crippen LogP contribution in [0.5, 0.6) is 0 Å². The third-order valence-corrected chi connectivity index (χ3v) is 5.86. The van der Waals surface area contributed by atoms with Crippen LogP contribution in [0.4, 0.5) is 0 Å². The first-order valence-electron chi connectivity index (χ1n) is 9.55. The van der Waals surface area contributed by atoms with Crippen LogP contribution in [-0.2, 0) is 9.53 Å². The van der Waals surface area contributed by atoms with E-state index < -0.39 is 23.5 Å². The molecule has 1 fully saturated rings. The van der Waals surface area contributed by atoms with Gasteiger partial charge in [-0.05, 0) is 29.8 Å². The van der Waals surface area contributed by atoms with Gasteiger partial charge in [-0.3, -0.25) is 9.59 Å². The number of aliphatic hydroxyl groups excluding tert-OH is 1. The van der Waals surface area contributed by atoms with Crippen LogP contribution in [-0.4, -0.2) is 61.1 Å². The summed E-state index contributed by atoms with van der Waals surface area (Å²) in [5, 5.41) is 10.6. The van der Waals surface area contributed by atoms with E-state index in [9.17, 15) is 14.7 Å². The highest BCUT2D eigenvalue weighted by Crippen LogP contribution is 2.39. The summed E-state index contributed by atoms with van der Waals surface area (Å²) in [6, 6.07) is 9.91. The van der Waals surface area contributed by atoms with Gasteiger partial charge in [-0.25, -0.2) is 0 Å². The highest BCUT2D eigenvalue weighted by atomic mass is 79.9. The Morgan fingerprint density at radius 2 is 2.03 bits per heavy atom. The van der Waals surface area contributed by atoms with Crippen LogP contribution in [0, 0.1) is 0 Å². The number of Topliss-reactive ketones (excluding diaryl/α,β-unsaturated/α-hetero) is 1. The minimum absolute atomic E-state index is 0.0556. The Morgan fingerprint density at radius 1 is 1.24 bits per heavy atom. The molecule has 3 heterocycles. The Bertz CT molecular complexity index is 934. The maximum absolute atomic E-state index is 13.1. The number of nitrogens with one attached hydrogen (secondary N) is 1. The van der Waals surface area contributed by atoms with Gasteiger partial charge in [-0.15, -0.1) is 0 Å². The number of nitrogens with zero attached hydrogens (tertiary/aromatic N) is 1. The number of benzene rings is 1. The lowest BCUT2D eigenvalue weighted by Gasteiger charge is -2.30. The molecule has 1 aromatic carbocycles. The molecule has 2 N–H and O–H groups in total. The van der Waals surface area contributed by atoms with Gasteiger partial charge in [-0.2, -0.15) is 0 Å². The minimum Gasteiger partial charge on any atom is -0.503 e. The molecule has 7 nitrogen and oxygen atoms in total. The maximum Gasteiger partial charge on any atom is 0.290 e. The van der Waals surface area contributed by atoms with Crippen molar-refractivity contribution in [2.24, 2.45) is 0 Å². The summed E-state index contributed by atoms with van der Waals surface area (Å²) in [6.07, 6.45) is 1.40. The Balaban J connectivity index is 1.67. The second kappa shape index (κ2) is 8.52. The predicted molar refractivity (Wildman–Crippen MR) is 108 cm³/mol. The van der Waals surface area contributed by atoms with Crippen LogP contribution in [0.2, 0.25) is 0 Å². The number of hydrogen-bond donors (Lipinski definition) is 2. The maximum atomic E-state index is 13.1. The summed E-state index contributed by atoms with van der Waals surface area (Å²) in [4.78, 5) is 28.9. The minimum atomic E-state index is -0.668. The predicted octanol–water partition coefficient (Wildman–Crippen LogP) is 1.54. The zero-order chi connectivity index (χ0) is 20.4. The van der Waals surface area contributed by atoms with E-state index in [0.29, 0.717) is 19.8 Å². The molecule has 4 rings (SSSR count). The number of carbonyl (C=O) groups excluding carboxylic acids is 2. The van der Waals surface area contributed by atoms with Crippen LogP contribution in [0.25, 0.3) is 0 Å². The fourth-order valence-electron chi connectivity index (χ4n) is 3.87. The number of morpholine rings is 1. The Labute approximate surface area is 176 Å². The summed E-state index contributed by atoms with van der Waals surface area (Å²) < 4.78 is 11.5. The number of aliphatic hydroxyl groups is 1. The number of amides is 1. The third kappa shape index (κ3) is 4.01. The van der Waals surface area contributed by atoms with E-state index in [-0.39, 0.29) is 11.3 Å². The van der Waals surface area contributed by atoms with Gasteiger partial charge in [0.2, 0.25) is 5.78 Å². The average Bonchev–Trinajstić information content (AvgIpc) is 3.35. The van der Waals surface area contributed by atoms with Gasteiger partial charge >= 0.3 is 0 Å². The molecule has 0 spiro atoms. The number of rotatable bonds is 6. The van der Waals surface area contributed by atoms with Crippen molar-refractivity contribution in [2.75, 3.05) is 39.4 Å². The second-order valence-corrected chi connectivity index (χ2v) is 8.05. The molecule has 1 atom stereocenters. The van der Waals surface area contributed by atoms with E-state index in [2.05, 4.69) is 15.9 Å². The van der Waals surface area contributed by atoms with Crippen LogP contribution in [0.15, 0.2) is 62.9 Å². The summed E-state index contributed by atoms with van der Waals surface area (Å²) in [5.41, 5.74) is 0.809. The number of quaternary nitrogens is 1. The lowest BCUT2D eigenvalue weighted by molar-refractivity contribution is -0.907. The molecule has 1 amide bonds. The summed E-state index contributed by atoms with van der Waals surface area (Å²) in [6.45, 7) is 4.29. The van der Waals surface area contributed by atoms with Crippen molar-refractivity contribution in [3.05, 3.63) is 69.8 Å². The third-order valence-electron chi connectivity index (χ3n) is 5.36. The summed E-state index contributed by atoms with van der Waals surface area (Å²) in [5.74, 6) is -1.42. The summed E-state index contributed by atoms with van der Waals surface area (Å²) in [7, 11) is 0. The molecule has 2 aromatic rings. The molecule has 0 aliphatic carbocycles. The number of furan rings is 1. The van der Waals surface area contributed by atoms with Gasteiger partial charge in [0.05, 0.1) is 44.2 Å². The van der Waals surface area contributed by atoms with E-state index in [4.69, 9.17) is 9.15 Å². The van der Waals surface area contributed by atoms with E-state index in [1.54, 1.807) is 11.0 Å². The number of carbonyl (C=O) groups is 2. The van der Waals surface area contributed by atoms with Gasteiger partial charge in [0.15, 0.2) is 11.5 Å². The SMILES string of the molecule is O=C(C1=C(O)C(=O)N(CC[NH+]2CCOCC2)C1c1cccc(Br)c1)c1ccco1. The lowest BCUT2D eigenvalue weighted by atomic mass is 9.95. The zero-order valence-corrected chi connectivity index (χ0v) is 17.4. The molecule has 1 unspecified atom stereocenters. The fraction of sp³-hybridized carbons (Fsp3) is 0.333. The van der Waals surface area contributed by atoms with Crippen LogP contribution in [0.3, 0.4) is 0 Å². The molecule has 0 saturated carbocycles. The van der Waals surface area contributed by atoms with Gasteiger partial charge in [-0.1, -0.05) is 28.1 Å². The molecule has 2 aliphatic rings. The lowest BCUT2D eigenvalue weighted by Crippen LogP contribution is -3.14. The molecular formula is C21H22BrN2O5+. The average molecular weight is 462 g/mol. The Kier molecular flexibility index (Phi) is 5.84. The summed E-state index contributed by atoms with van der Waals surface area (Å²) >= 11 is 3.45. The van der Waals surface area contributed by atoms with Crippen molar-refractivity contribution < 1.29 is 28.7 Å². The van der Waals surface area contributed by atoms with Crippen molar-refractivity contribution in [1.82, 2.24) is 4.90 Å². The molecule has 2 aliphatic heterocycles. The number of halogens is 1. The molecular weight excluding hydrogens is 440 g/mol. The Hall–Kier alpha value is -2.42. The first-order valence-corrected chi connectivity index (χ1v) is 10.3. The van der Waals surface area contributed by atoms with Crippen molar-refractivity contribution in [2.45, 2.75) is 6.04 Å². The standard InChI is InChI=1S/C21H21BrN2O5/c22-15-4-1-3-14(13-15)18-17(19(25)16-5-2-10-29-16)20(26)21(27)24(18)7-6-23-8-11-28-12-9-23/h1-5,10,13,18,26H,6-9,11-12H2/p+1. The van der Waals surface area contributed by atoms with Crippen molar-refractivity contribution in [3.63, 3.8) is 0 Å². The fourth-order valence-corrected chi connectivity index (χ4v) is 4.29. The smallest absolute Gasteiger partial charge is 0.290 e. The zero-order valence-electron chi connectivity index (χ0n) is 15.8. The van der Waals surface area contributed by atoms with Crippen molar-refractivity contribution in [3.8, 4) is 0 Å². The molecule has 1 saturated heterocycles. The van der Waals surface area contributed by atoms with Crippen LogP contribution < -0.4 is 4.90 Å². The molecule has 152 valence electrons. The quantitative estimate of drug-likeness (QED) is 0.637. The van der Waals surface area contributed by atoms with E-state index >= 15 is 0 Å². The van der Waals surface area contributed by atoms with Crippen molar-refractivity contribution >= 4 is 27.6 Å². The van der Waals surface area contributed by atoms with E-state index in [1.807, 2.05) is 24.3 Å². The topological polar surface area (TPSA) is 84.4 Å². The molecule has 29 heavy (non-hydrogen) atoms. The normalized spacial score (nSPS) is 20.5. The van der Waals surface area contributed by atoms with Crippen molar-refractivity contribution in [1.29, 1.82) is 0 Å². The van der Waals surface area contributed by atoms with Crippen LogP contribution in [0.1, 0.15) is 22.2 Å². The van der Waals surface area contributed by atoms with E-state index in [1.165, 1.54) is 17.2 Å². The number of ether oxygens (including phenoxy) is 1. The van der Waals surface area contributed by atoms with Gasteiger partial charge in [0.1, 0.15) is 13.1 Å². The molecule has 8 heteroatoms. The first kappa shape index (κ1) is 19.9. The number of ketones is 1. The highest BCUT2D eigenvalue weighted by Gasteiger charge is 2.44. The van der Waals surface area contributed by atoms with Gasteiger partial charge in [0, 0.05) is 4.47 Å². The molecule has 1 aromatic heterocycles. The van der Waals surface area contributed by atoms with Gasteiger partial charge in [0.25, 0.3) is 5.91 Å². The van der Waals surface area contributed by atoms with Crippen LogP contribution >= 0.6 is 15.9 Å². The van der Waals surface area contributed by atoms with E-state index in [0.717, 1.165) is 29.7 Å². The Morgan fingerprint density at radius 3 is 2.72 bits per heavy atom. The highest BCUT2D eigenvalue weighted by molar-refractivity contribution is 9.10. The molecule has 0 bridgehead atoms. The largest absolute Gasteiger partial charge is 0.503 e. The second-order valence-electron chi connectivity index (χ2n) is 7.14. The monoisotopic (exact) mass is 461 g/mol. The molecule has 0 radical (unpaired) electrons.